The van der Waals surface area contributed by atoms with E-state index in [0.717, 1.165) is 18.8 Å². The summed E-state index contributed by atoms with van der Waals surface area (Å²) in [5, 5.41) is 0. The van der Waals surface area contributed by atoms with Crippen LogP contribution in [0.25, 0.3) is 11.1 Å². The predicted molar refractivity (Wildman–Crippen MR) is 166 cm³/mol. The van der Waals surface area contributed by atoms with Crippen molar-refractivity contribution in [1.29, 1.82) is 0 Å². The molecule has 3 heteroatoms. The number of hydrogen-bond donors (Lipinski definition) is 0. The van der Waals surface area contributed by atoms with Crippen molar-refractivity contribution in [2.45, 2.75) is 97.3 Å². The molecule has 1 fully saturated rings. The number of benzene rings is 2. The molecular formula is C34H47Cl2Zr-3. The first-order valence-corrected chi connectivity index (χ1v) is 14.9. The second kappa shape index (κ2) is 17.1. The van der Waals surface area contributed by atoms with E-state index in [9.17, 15) is 0 Å². The molecule has 0 aliphatic heterocycles. The quantitative estimate of drug-likeness (QED) is 0.220. The average molecular weight is 618 g/mol. The molecular weight excluding hydrogens is 571 g/mol. The van der Waals surface area contributed by atoms with Gasteiger partial charge in [-0.05, 0) is 28.4 Å². The third-order valence-electron chi connectivity index (χ3n) is 6.77. The van der Waals surface area contributed by atoms with Crippen molar-refractivity contribution in [3.05, 3.63) is 89.9 Å². The van der Waals surface area contributed by atoms with Gasteiger partial charge in [0, 0.05) is 0 Å². The topological polar surface area (TPSA) is 0 Å². The molecule has 0 N–H and O–H groups in total. The molecule has 0 bridgehead atoms. The molecule has 2 aromatic rings. The van der Waals surface area contributed by atoms with Gasteiger partial charge in [0.25, 0.3) is 0 Å². The summed E-state index contributed by atoms with van der Waals surface area (Å²) >= 11 is 1.30. The second-order valence-electron chi connectivity index (χ2n) is 11.8. The van der Waals surface area contributed by atoms with E-state index in [0.29, 0.717) is 0 Å². The van der Waals surface area contributed by atoms with E-state index < -0.39 is 0 Å². The van der Waals surface area contributed by atoms with Crippen LogP contribution in [-0.2, 0) is 41.5 Å². The predicted octanol–water partition coefficient (Wildman–Crippen LogP) is 10.2. The van der Waals surface area contributed by atoms with E-state index in [1.165, 1.54) is 89.7 Å². The van der Waals surface area contributed by atoms with Gasteiger partial charge in [-0.15, -0.1) is 42.4 Å². The molecule has 0 aromatic heterocycles. The van der Waals surface area contributed by atoms with Gasteiger partial charge in [0.1, 0.15) is 0 Å². The Bertz CT molecular complexity index is 928. The number of hydrogen-bond acceptors (Lipinski definition) is 0. The molecule has 0 spiro atoms. The van der Waals surface area contributed by atoms with Crippen LogP contribution in [0.2, 0.25) is 0 Å². The van der Waals surface area contributed by atoms with E-state index in [4.69, 9.17) is 0 Å². The van der Waals surface area contributed by atoms with Crippen LogP contribution in [0.1, 0.15) is 102 Å². The van der Waals surface area contributed by atoms with Crippen LogP contribution in [0.3, 0.4) is 0 Å². The Kier molecular flexibility index (Phi) is 16.7. The van der Waals surface area contributed by atoms with Crippen LogP contribution in [0.15, 0.2) is 48.6 Å². The summed E-state index contributed by atoms with van der Waals surface area (Å²) in [6, 6.07) is 15.2. The Hall–Kier alpha value is -0.747. The SMILES string of the molecule is CC(C)(C)c1[c-]c2c(cc1)-c1ccc(C(C)(C)C)cc1C2.Cl.Cl.[C-]1=CC=CC1.[CH2-]C1CCCCC1.[CH2]=[Zr]. The van der Waals surface area contributed by atoms with Gasteiger partial charge in [0.05, 0.1) is 0 Å². The Morgan fingerprint density at radius 1 is 0.865 bits per heavy atom. The molecule has 3 aliphatic rings. The van der Waals surface area contributed by atoms with Gasteiger partial charge in [-0.2, -0.15) is 35.8 Å². The minimum atomic E-state index is 0. The van der Waals surface area contributed by atoms with Crippen molar-refractivity contribution in [2.75, 3.05) is 0 Å². The molecule has 37 heavy (non-hydrogen) atoms. The van der Waals surface area contributed by atoms with Crippen molar-refractivity contribution >= 4 is 29.0 Å². The minimum absolute atomic E-state index is 0. The molecule has 0 saturated heterocycles. The van der Waals surface area contributed by atoms with Gasteiger partial charge in [0.15, 0.2) is 0 Å². The third-order valence-corrected chi connectivity index (χ3v) is 6.77. The summed E-state index contributed by atoms with van der Waals surface area (Å²) in [7, 11) is 0. The maximum atomic E-state index is 4.00. The van der Waals surface area contributed by atoms with Gasteiger partial charge < -0.3 is 6.92 Å². The number of fused-ring (bicyclic) bond motifs is 3. The molecule has 5 rings (SSSR count). The van der Waals surface area contributed by atoms with E-state index in [2.05, 4.69) is 101 Å². The summed E-state index contributed by atoms with van der Waals surface area (Å²) in [5.74, 6) is 0.786. The van der Waals surface area contributed by atoms with Gasteiger partial charge >= 0.3 is 28.4 Å². The van der Waals surface area contributed by atoms with Gasteiger partial charge in [-0.1, -0.05) is 97.4 Å². The molecule has 2 aromatic carbocycles. The molecule has 0 radical (unpaired) electrons. The summed E-state index contributed by atoms with van der Waals surface area (Å²) < 4.78 is 3.34. The Morgan fingerprint density at radius 3 is 1.92 bits per heavy atom. The zero-order valence-electron chi connectivity index (χ0n) is 23.9. The maximum absolute atomic E-state index is 4.00. The van der Waals surface area contributed by atoms with Crippen molar-refractivity contribution in [2.24, 2.45) is 5.92 Å². The van der Waals surface area contributed by atoms with Crippen molar-refractivity contribution in [1.82, 2.24) is 0 Å². The normalized spacial score (nSPS) is 15.2. The fraction of sp³-hybridized carbons (Fsp3) is 0.471. The van der Waals surface area contributed by atoms with Crippen molar-refractivity contribution in [3.63, 3.8) is 0 Å². The number of allylic oxidation sites excluding steroid dienone is 4. The summed E-state index contributed by atoms with van der Waals surface area (Å²) in [6.07, 6.45) is 18.1. The molecule has 0 amide bonds. The first-order valence-electron chi connectivity index (χ1n) is 13.2. The first kappa shape index (κ1) is 36.3. The van der Waals surface area contributed by atoms with Crippen molar-refractivity contribution in [3.8, 4) is 11.1 Å². The van der Waals surface area contributed by atoms with Gasteiger partial charge in [-0.3, -0.25) is 6.08 Å². The molecule has 3 aliphatic carbocycles. The number of rotatable bonds is 0. The van der Waals surface area contributed by atoms with Gasteiger partial charge in [-0.25, -0.2) is 12.2 Å². The standard InChI is InChI=1S/C21H25.C7H13.C5H5.CH2.2ClH.Zr/c1-20(2,3)16-7-9-18-14(12-16)11-15-13-17(21(4,5)6)8-10-19(15)18;1-7-5-3-2-4-6-7;1-2-4-5-3-1;;;;/h7-10,12H,11H2,1-6H3;7H,1-6H2;1-3H,4H2;1H2;2*1H;/q3*-1;;;;. The van der Waals surface area contributed by atoms with E-state index >= 15 is 0 Å². The Morgan fingerprint density at radius 2 is 1.49 bits per heavy atom. The molecule has 0 nitrogen and oxygen atoms in total. The zero-order valence-corrected chi connectivity index (χ0v) is 28.0. The zero-order chi connectivity index (χ0) is 26.1. The summed E-state index contributed by atoms with van der Waals surface area (Å²) in [6.45, 7) is 17.6. The van der Waals surface area contributed by atoms with Gasteiger partial charge in [0.2, 0.25) is 0 Å². The third kappa shape index (κ3) is 11.5. The Labute approximate surface area is 256 Å². The monoisotopic (exact) mass is 615 g/mol. The second-order valence-corrected chi connectivity index (χ2v) is 11.8. The van der Waals surface area contributed by atoms with E-state index in [-0.39, 0.29) is 35.6 Å². The average Bonchev–Trinajstić information content (AvgIpc) is 3.51. The van der Waals surface area contributed by atoms with Crippen LogP contribution in [-0.4, -0.2) is 4.21 Å². The van der Waals surface area contributed by atoms with Crippen LogP contribution in [0, 0.1) is 25.0 Å². The summed E-state index contributed by atoms with van der Waals surface area (Å²) in [4.78, 5) is 0. The molecule has 0 unspecified atom stereocenters. The molecule has 204 valence electrons. The fourth-order valence-electron chi connectivity index (χ4n) is 4.56. The van der Waals surface area contributed by atoms with Crippen molar-refractivity contribution < 1.29 is 24.2 Å². The number of halogens is 2. The van der Waals surface area contributed by atoms with Crippen LogP contribution < -0.4 is 0 Å². The van der Waals surface area contributed by atoms with Crippen LogP contribution in [0.5, 0.6) is 0 Å². The Balaban J connectivity index is 0.000000668. The summed E-state index contributed by atoms with van der Waals surface area (Å²) in [5.41, 5.74) is 8.70. The molecule has 0 atom stereocenters. The van der Waals surface area contributed by atoms with E-state index in [1.54, 1.807) is 0 Å². The van der Waals surface area contributed by atoms with E-state index in [1.807, 2.05) is 12.2 Å². The fourth-order valence-corrected chi connectivity index (χ4v) is 4.56. The van der Waals surface area contributed by atoms with Crippen LogP contribution in [0.4, 0.5) is 0 Å². The molecule has 1 saturated carbocycles. The molecule has 0 heterocycles. The first-order chi connectivity index (χ1) is 16.6. The van der Waals surface area contributed by atoms with Crippen LogP contribution >= 0.6 is 24.8 Å².